The quantitative estimate of drug-likeness (QED) is 0.929. The summed E-state index contributed by atoms with van der Waals surface area (Å²) in [5.41, 5.74) is 1.62. The molecule has 0 saturated heterocycles. The van der Waals surface area contributed by atoms with Crippen LogP contribution in [0.5, 0.6) is 0 Å². The minimum absolute atomic E-state index is 0.324. The van der Waals surface area contributed by atoms with Crippen molar-refractivity contribution >= 4 is 28.6 Å². The molecule has 2 aromatic heterocycles. The van der Waals surface area contributed by atoms with Gasteiger partial charge in [0, 0.05) is 4.88 Å². The van der Waals surface area contributed by atoms with Crippen molar-refractivity contribution in [2.24, 2.45) is 0 Å². The van der Waals surface area contributed by atoms with Crippen molar-refractivity contribution in [3.8, 4) is 0 Å². The number of aromatic carboxylic acids is 1. The summed E-state index contributed by atoms with van der Waals surface area (Å²) in [6.45, 7) is 5.74. The molecule has 0 aromatic carbocycles. The molecule has 0 bridgehead atoms. The molecule has 17 heavy (non-hydrogen) atoms. The van der Waals surface area contributed by atoms with E-state index in [4.69, 9.17) is 5.11 Å². The second-order valence-corrected chi connectivity index (χ2v) is 6.12. The Balaban J connectivity index is 2.24. The summed E-state index contributed by atoms with van der Waals surface area (Å²) in [5, 5.41) is 10.8. The summed E-state index contributed by atoms with van der Waals surface area (Å²) in [5.74, 6) is -0.905. The van der Waals surface area contributed by atoms with Gasteiger partial charge in [-0.3, -0.25) is 0 Å². The van der Waals surface area contributed by atoms with Gasteiger partial charge >= 0.3 is 5.97 Å². The summed E-state index contributed by atoms with van der Waals surface area (Å²) in [7, 11) is 0. The Morgan fingerprint density at radius 3 is 2.18 bits per heavy atom. The number of rotatable bonds is 3. The summed E-state index contributed by atoms with van der Waals surface area (Å²) < 4.78 is 0. The van der Waals surface area contributed by atoms with E-state index in [2.05, 4.69) is 9.97 Å². The Kier molecular flexibility index (Phi) is 3.26. The number of carboxylic acid groups (broad SMARTS) is 1. The topological polar surface area (TPSA) is 63.1 Å². The van der Waals surface area contributed by atoms with Crippen LogP contribution in [-0.4, -0.2) is 21.0 Å². The maximum Gasteiger partial charge on any atom is 0.347 e. The van der Waals surface area contributed by atoms with Crippen LogP contribution in [0.1, 0.15) is 36.0 Å². The third-order valence-electron chi connectivity index (χ3n) is 2.41. The zero-order chi connectivity index (χ0) is 12.6. The van der Waals surface area contributed by atoms with Crippen LogP contribution < -0.4 is 0 Å². The number of carbonyl (C=O) groups is 1. The highest BCUT2D eigenvalue weighted by Gasteiger charge is 2.15. The zero-order valence-corrected chi connectivity index (χ0v) is 11.4. The summed E-state index contributed by atoms with van der Waals surface area (Å²) >= 11 is 2.87. The monoisotopic (exact) mass is 268 g/mol. The van der Waals surface area contributed by atoms with Gasteiger partial charge in [0.25, 0.3) is 0 Å². The van der Waals surface area contributed by atoms with Crippen molar-refractivity contribution < 1.29 is 9.90 Å². The first-order chi connectivity index (χ1) is 7.97. The molecule has 0 atom stereocenters. The molecule has 2 rings (SSSR count). The first-order valence-corrected chi connectivity index (χ1v) is 6.73. The number of nitrogens with zero attached hydrogens (tertiary/aromatic N) is 2. The third-order valence-corrected chi connectivity index (χ3v) is 4.63. The Labute approximate surface area is 107 Å². The van der Waals surface area contributed by atoms with Crippen LogP contribution in [0.2, 0.25) is 0 Å². The van der Waals surface area contributed by atoms with Crippen molar-refractivity contribution in [1.29, 1.82) is 0 Å². The van der Waals surface area contributed by atoms with E-state index in [1.807, 2.05) is 13.8 Å². The number of thiazole rings is 2. The summed E-state index contributed by atoms with van der Waals surface area (Å²) in [6, 6.07) is 0. The van der Waals surface area contributed by atoms with E-state index in [1.54, 1.807) is 18.3 Å². The van der Waals surface area contributed by atoms with Crippen molar-refractivity contribution in [3.05, 3.63) is 31.2 Å². The predicted molar refractivity (Wildman–Crippen MR) is 68.2 cm³/mol. The smallest absolute Gasteiger partial charge is 0.347 e. The molecule has 0 radical (unpaired) electrons. The fourth-order valence-corrected chi connectivity index (χ4v) is 3.41. The molecule has 90 valence electrons. The van der Waals surface area contributed by atoms with Crippen LogP contribution in [0.25, 0.3) is 0 Å². The van der Waals surface area contributed by atoms with Crippen LogP contribution in [0, 0.1) is 20.8 Å². The molecule has 0 aliphatic heterocycles. The molecule has 1 N–H and O–H groups in total. The maximum atomic E-state index is 10.9. The van der Waals surface area contributed by atoms with Gasteiger partial charge in [-0.1, -0.05) is 0 Å². The van der Waals surface area contributed by atoms with E-state index < -0.39 is 5.97 Å². The molecule has 0 unspecified atom stereocenters. The van der Waals surface area contributed by atoms with Crippen LogP contribution in [0.15, 0.2) is 0 Å². The summed E-state index contributed by atoms with van der Waals surface area (Å²) in [6.07, 6.45) is 0.623. The molecular weight excluding hydrogens is 256 g/mol. The number of carboxylic acids is 1. The fraction of sp³-hybridized carbons (Fsp3) is 0.364. The van der Waals surface area contributed by atoms with Crippen molar-refractivity contribution in [1.82, 2.24) is 9.97 Å². The Bertz CT molecular complexity index is 553. The molecule has 0 saturated carbocycles. The van der Waals surface area contributed by atoms with Gasteiger partial charge in [0.2, 0.25) is 0 Å². The highest BCUT2D eigenvalue weighted by molar-refractivity contribution is 7.14. The van der Waals surface area contributed by atoms with Gasteiger partial charge < -0.3 is 5.11 Å². The predicted octanol–water partition coefficient (Wildman–Crippen LogP) is 2.81. The van der Waals surface area contributed by atoms with Gasteiger partial charge in [0.05, 0.1) is 22.8 Å². The minimum Gasteiger partial charge on any atom is -0.477 e. The Morgan fingerprint density at radius 1 is 1.12 bits per heavy atom. The number of hydrogen-bond acceptors (Lipinski definition) is 5. The normalized spacial score (nSPS) is 10.8. The van der Waals surface area contributed by atoms with Crippen molar-refractivity contribution in [3.63, 3.8) is 0 Å². The van der Waals surface area contributed by atoms with Gasteiger partial charge in [-0.15, -0.1) is 22.7 Å². The van der Waals surface area contributed by atoms with Gasteiger partial charge in [0.15, 0.2) is 0 Å². The number of hydrogen-bond donors (Lipinski definition) is 1. The van der Waals surface area contributed by atoms with Crippen LogP contribution in [0.4, 0.5) is 0 Å². The zero-order valence-electron chi connectivity index (χ0n) is 9.77. The Hall–Kier alpha value is -1.27. The number of aromatic nitrogens is 2. The maximum absolute atomic E-state index is 10.9. The molecule has 0 aliphatic carbocycles. The lowest BCUT2D eigenvalue weighted by Crippen LogP contribution is -1.94. The van der Waals surface area contributed by atoms with E-state index in [0.717, 1.165) is 15.7 Å². The molecule has 6 heteroatoms. The largest absolute Gasteiger partial charge is 0.477 e. The average molecular weight is 268 g/mol. The first kappa shape index (κ1) is 12.2. The van der Waals surface area contributed by atoms with E-state index in [0.29, 0.717) is 17.0 Å². The van der Waals surface area contributed by atoms with Crippen molar-refractivity contribution in [2.75, 3.05) is 0 Å². The highest BCUT2D eigenvalue weighted by atomic mass is 32.1. The molecule has 0 spiro atoms. The lowest BCUT2D eigenvalue weighted by molar-refractivity contribution is 0.0701. The lowest BCUT2D eigenvalue weighted by atomic mass is 10.4. The third kappa shape index (κ3) is 2.53. The molecular formula is C11H12N2O2S2. The minimum atomic E-state index is -0.905. The standard InChI is InChI=1S/C11H12N2O2S2/c1-5-7(3)16-8(12-5)4-9-13-6(2)10(17-9)11(14)15/h4H2,1-3H3,(H,14,15). The highest BCUT2D eigenvalue weighted by Crippen LogP contribution is 2.24. The van der Waals surface area contributed by atoms with Crippen LogP contribution in [-0.2, 0) is 6.42 Å². The SMILES string of the molecule is Cc1nc(Cc2nc(C)c(C(=O)O)s2)sc1C. The lowest BCUT2D eigenvalue weighted by Gasteiger charge is -1.89. The molecule has 0 aliphatic rings. The van der Waals surface area contributed by atoms with E-state index in [-0.39, 0.29) is 0 Å². The van der Waals surface area contributed by atoms with Gasteiger partial charge in [0.1, 0.15) is 9.88 Å². The van der Waals surface area contributed by atoms with Crippen LogP contribution in [0.3, 0.4) is 0 Å². The molecule has 4 nitrogen and oxygen atoms in total. The Morgan fingerprint density at radius 2 is 1.71 bits per heavy atom. The molecule has 0 fully saturated rings. The van der Waals surface area contributed by atoms with Gasteiger partial charge in [-0.25, -0.2) is 14.8 Å². The van der Waals surface area contributed by atoms with E-state index >= 15 is 0 Å². The molecule has 0 amide bonds. The number of aryl methyl sites for hydroxylation is 3. The van der Waals surface area contributed by atoms with Gasteiger partial charge in [-0.05, 0) is 20.8 Å². The first-order valence-electron chi connectivity index (χ1n) is 5.10. The van der Waals surface area contributed by atoms with E-state index in [1.165, 1.54) is 16.2 Å². The molecule has 2 aromatic rings. The summed E-state index contributed by atoms with van der Waals surface area (Å²) in [4.78, 5) is 21.1. The van der Waals surface area contributed by atoms with E-state index in [9.17, 15) is 4.79 Å². The molecule has 2 heterocycles. The second-order valence-electron chi connectivity index (χ2n) is 3.75. The fourth-order valence-electron chi connectivity index (χ4n) is 1.47. The van der Waals surface area contributed by atoms with Crippen molar-refractivity contribution in [2.45, 2.75) is 27.2 Å². The second kappa shape index (κ2) is 4.54. The van der Waals surface area contributed by atoms with Crippen LogP contribution >= 0.6 is 22.7 Å². The van der Waals surface area contributed by atoms with Gasteiger partial charge in [-0.2, -0.15) is 0 Å². The average Bonchev–Trinajstić information content (AvgIpc) is 2.72.